The van der Waals surface area contributed by atoms with Crippen molar-refractivity contribution in [3.63, 3.8) is 0 Å². The molecule has 0 saturated carbocycles. The lowest BCUT2D eigenvalue weighted by atomic mass is 9.55. The van der Waals surface area contributed by atoms with Crippen molar-refractivity contribution in [2.75, 3.05) is 6.61 Å². The summed E-state index contributed by atoms with van der Waals surface area (Å²) in [5.74, 6) is -1.63. The zero-order valence-corrected chi connectivity index (χ0v) is 17.3. The van der Waals surface area contributed by atoms with E-state index in [1.165, 1.54) is 0 Å². The highest BCUT2D eigenvalue weighted by Crippen LogP contribution is 2.56. The molecule has 1 aliphatic carbocycles. The number of unbranched alkanes of at least 4 members (excludes halogenated alkanes) is 3. The van der Waals surface area contributed by atoms with E-state index in [2.05, 4.69) is 6.92 Å². The first-order valence-corrected chi connectivity index (χ1v) is 10.7. The standard InChI is InChI=1S/C24H30O5/c1-3-5-6-7-10-17-13-14-18(15-16-25)24(21(17)22(26)28-4-2)19-11-8-9-12-20(19)29-23(24)27/h8-9,11-14,16-18,21H,3-7,10,15H2,1-2H3/t17-,18-,21-,24-/m1/s1. The fraction of sp³-hybridized carbons (Fsp3) is 0.542. The summed E-state index contributed by atoms with van der Waals surface area (Å²) in [6, 6.07) is 7.24. The lowest BCUT2D eigenvalue weighted by molar-refractivity contribution is -0.161. The fourth-order valence-corrected chi connectivity index (χ4v) is 4.98. The van der Waals surface area contributed by atoms with E-state index in [0.29, 0.717) is 11.3 Å². The van der Waals surface area contributed by atoms with Crippen LogP contribution in [-0.4, -0.2) is 24.8 Å². The predicted molar refractivity (Wildman–Crippen MR) is 109 cm³/mol. The van der Waals surface area contributed by atoms with Gasteiger partial charge >= 0.3 is 11.9 Å². The SMILES string of the molecule is CCCCCC[C@@H]1C=C[C@H](CC=O)[C@]2(C(=O)Oc3ccccc32)[C@H]1C(=O)OCC. The second-order valence-corrected chi connectivity index (χ2v) is 7.89. The molecule has 3 rings (SSSR count). The third-order valence-corrected chi connectivity index (χ3v) is 6.25. The van der Waals surface area contributed by atoms with Crippen LogP contribution in [0.1, 0.15) is 57.9 Å². The van der Waals surface area contributed by atoms with Gasteiger partial charge in [0, 0.05) is 17.9 Å². The second-order valence-electron chi connectivity index (χ2n) is 7.89. The number of carbonyl (C=O) groups is 3. The van der Waals surface area contributed by atoms with Crippen molar-refractivity contribution in [2.24, 2.45) is 17.8 Å². The molecule has 1 aliphatic heterocycles. The lowest BCUT2D eigenvalue weighted by Gasteiger charge is -2.44. The minimum Gasteiger partial charge on any atom is -0.466 e. The van der Waals surface area contributed by atoms with E-state index in [0.717, 1.165) is 38.4 Å². The molecule has 0 unspecified atom stereocenters. The summed E-state index contributed by atoms with van der Waals surface area (Å²) < 4.78 is 11.1. The number of rotatable bonds is 9. The van der Waals surface area contributed by atoms with Crippen LogP contribution in [0.2, 0.25) is 0 Å². The Balaban J connectivity index is 2.09. The molecule has 0 radical (unpaired) electrons. The minimum absolute atomic E-state index is 0.132. The number of aldehydes is 1. The third-order valence-electron chi connectivity index (χ3n) is 6.25. The molecule has 0 N–H and O–H groups in total. The van der Waals surface area contributed by atoms with Crippen LogP contribution in [-0.2, 0) is 24.5 Å². The van der Waals surface area contributed by atoms with Crippen molar-refractivity contribution in [2.45, 2.75) is 57.8 Å². The van der Waals surface area contributed by atoms with Crippen molar-refractivity contribution in [3.05, 3.63) is 42.0 Å². The number of para-hydroxylation sites is 1. The van der Waals surface area contributed by atoms with Crippen LogP contribution < -0.4 is 4.74 Å². The van der Waals surface area contributed by atoms with E-state index in [4.69, 9.17) is 9.47 Å². The molecule has 4 atom stereocenters. The van der Waals surface area contributed by atoms with Gasteiger partial charge in [0.1, 0.15) is 17.5 Å². The molecule has 29 heavy (non-hydrogen) atoms. The van der Waals surface area contributed by atoms with E-state index in [9.17, 15) is 14.4 Å². The summed E-state index contributed by atoms with van der Waals surface area (Å²) in [5, 5.41) is 0. The van der Waals surface area contributed by atoms with Gasteiger partial charge in [0.25, 0.3) is 0 Å². The van der Waals surface area contributed by atoms with Crippen LogP contribution in [0.15, 0.2) is 36.4 Å². The van der Waals surface area contributed by atoms with Crippen molar-refractivity contribution in [1.29, 1.82) is 0 Å². The van der Waals surface area contributed by atoms with E-state index in [1.807, 2.05) is 24.3 Å². The Bertz CT molecular complexity index is 783. The molecular formula is C24H30O5. The van der Waals surface area contributed by atoms with Gasteiger partial charge in [-0.15, -0.1) is 0 Å². The van der Waals surface area contributed by atoms with Gasteiger partial charge in [-0.2, -0.15) is 0 Å². The molecule has 5 heteroatoms. The van der Waals surface area contributed by atoms with Crippen LogP contribution >= 0.6 is 0 Å². The number of esters is 2. The maximum Gasteiger partial charge on any atom is 0.323 e. The van der Waals surface area contributed by atoms with Gasteiger partial charge in [-0.05, 0) is 25.3 Å². The molecule has 156 valence electrons. The first-order valence-electron chi connectivity index (χ1n) is 10.7. The molecule has 0 saturated heterocycles. The Kier molecular flexibility index (Phi) is 6.88. The Morgan fingerprint density at radius 2 is 1.97 bits per heavy atom. The van der Waals surface area contributed by atoms with E-state index in [1.54, 1.807) is 19.1 Å². The number of allylic oxidation sites excluding steroid dienone is 2. The number of ether oxygens (including phenoxy) is 2. The largest absolute Gasteiger partial charge is 0.466 e. The number of hydrogen-bond acceptors (Lipinski definition) is 5. The highest BCUT2D eigenvalue weighted by molar-refractivity contribution is 5.97. The molecule has 5 nitrogen and oxygen atoms in total. The maximum atomic E-state index is 13.4. The monoisotopic (exact) mass is 398 g/mol. The predicted octanol–water partition coefficient (Wildman–Crippen LogP) is 4.38. The van der Waals surface area contributed by atoms with Crippen molar-refractivity contribution >= 4 is 18.2 Å². The normalized spacial score (nSPS) is 27.5. The summed E-state index contributed by atoms with van der Waals surface area (Å²) >= 11 is 0. The van der Waals surface area contributed by atoms with Gasteiger partial charge < -0.3 is 14.3 Å². The zero-order valence-electron chi connectivity index (χ0n) is 17.3. The van der Waals surface area contributed by atoms with E-state index < -0.39 is 23.2 Å². The highest BCUT2D eigenvalue weighted by Gasteiger charge is 2.63. The molecular weight excluding hydrogens is 368 g/mol. The summed E-state index contributed by atoms with van der Waals surface area (Å²) in [6.45, 7) is 4.17. The van der Waals surface area contributed by atoms with Crippen molar-refractivity contribution < 1.29 is 23.9 Å². The topological polar surface area (TPSA) is 69.7 Å². The molecule has 2 aliphatic rings. The van der Waals surface area contributed by atoms with Crippen LogP contribution in [0.25, 0.3) is 0 Å². The first-order chi connectivity index (χ1) is 14.1. The molecule has 1 spiro atoms. The maximum absolute atomic E-state index is 13.4. The Hall–Kier alpha value is -2.43. The molecule has 1 heterocycles. The summed E-state index contributed by atoms with van der Waals surface area (Å²) in [5.41, 5.74) is -0.522. The lowest BCUT2D eigenvalue weighted by Crippen LogP contribution is -2.55. The fourth-order valence-electron chi connectivity index (χ4n) is 4.98. The second kappa shape index (κ2) is 9.38. The minimum atomic E-state index is -1.21. The average Bonchev–Trinajstić information content (AvgIpc) is 3.00. The quantitative estimate of drug-likeness (QED) is 0.203. The Morgan fingerprint density at radius 3 is 2.69 bits per heavy atom. The number of benzene rings is 1. The number of fused-ring (bicyclic) bond motifs is 2. The van der Waals surface area contributed by atoms with Gasteiger partial charge in [-0.25, -0.2) is 0 Å². The van der Waals surface area contributed by atoms with Crippen molar-refractivity contribution in [1.82, 2.24) is 0 Å². The average molecular weight is 398 g/mol. The molecule has 1 aromatic rings. The van der Waals surface area contributed by atoms with Gasteiger partial charge in [0.2, 0.25) is 0 Å². The summed E-state index contributed by atoms with van der Waals surface area (Å²) in [4.78, 5) is 38.0. The highest BCUT2D eigenvalue weighted by atomic mass is 16.5. The first kappa shape index (κ1) is 21.3. The van der Waals surface area contributed by atoms with Gasteiger partial charge in [-0.3, -0.25) is 9.59 Å². The van der Waals surface area contributed by atoms with Crippen molar-refractivity contribution in [3.8, 4) is 5.75 Å². The van der Waals surface area contributed by atoms with E-state index >= 15 is 0 Å². The Morgan fingerprint density at radius 1 is 1.17 bits per heavy atom. The summed E-state index contributed by atoms with van der Waals surface area (Å²) in [7, 11) is 0. The number of hydrogen-bond donors (Lipinski definition) is 0. The Labute approximate surface area is 172 Å². The number of carbonyl (C=O) groups excluding carboxylic acids is 3. The molecule has 0 fully saturated rings. The third kappa shape index (κ3) is 3.75. The van der Waals surface area contributed by atoms with Crippen LogP contribution in [0.3, 0.4) is 0 Å². The molecule has 1 aromatic carbocycles. The smallest absolute Gasteiger partial charge is 0.323 e. The van der Waals surface area contributed by atoms with Crippen LogP contribution in [0.5, 0.6) is 5.75 Å². The van der Waals surface area contributed by atoms with Gasteiger partial charge in [0.15, 0.2) is 0 Å². The van der Waals surface area contributed by atoms with Crippen LogP contribution in [0, 0.1) is 17.8 Å². The van der Waals surface area contributed by atoms with E-state index in [-0.39, 0.29) is 24.9 Å². The van der Waals surface area contributed by atoms with Crippen LogP contribution in [0.4, 0.5) is 0 Å². The molecule has 0 bridgehead atoms. The zero-order chi connectivity index (χ0) is 20.9. The summed E-state index contributed by atoms with van der Waals surface area (Å²) in [6.07, 6.45) is 10.1. The molecule has 0 amide bonds. The van der Waals surface area contributed by atoms with Gasteiger partial charge in [0.05, 0.1) is 12.5 Å². The van der Waals surface area contributed by atoms with Gasteiger partial charge in [-0.1, -0.05) is 63.0 Å². The molecule has 0 aromatic heterocycles.